The summed E-state index contributed by atoms with van der Waals surface area (Å²) in [6.07, 6.45) is 1.58. The summed E-state index contributed by atoms with van der Waals surface area (Å²) in [4.78, 5) is 12.1. The maximum atomic E-state index is 12.1. The quantitative estimate of drug-likeness (QED) is 0.663. The molecule has 0 aliphatic rings. The summed E-state index contributed by atoms with van der Waals surface area (Å²) in [5, 5.41) is 8.01. The molecule has 3 aromatic rings. The second-order valence-corrected chi connectivity index (χ2v) is 6.23. The lowest BCUT2D eigenvalue weighted by Crippen LogP contribution is -2.15. The van der Waals surface area contributed by atoms with Crippen molar-refractivity contribution in [1.82, 2.24) is 9.78 Å². The molecule has 23 heavy (non-hydrogen) atoms. The van der Waals surface area contributed by atoms with Gasteiger partial charge in [-0.2, -0.15) is 5.10 Å². The first-order valence-electron chi connectivity index (χ1n) is 6.56. The highest BCUT2D eigenvalue weighted by Gasteiger charge is 2.14. The van der Waals surface area contributed by atoms with E-state index in [0.717, 1.165) is 5.56 Å². The average Bonchev–Trinajstić information content (AvgIpc) is 3.12. The van der Waals surface area contributed by atoms with Crippen LogP contribution in [0.15, 0.2) is 51.7 Å². The van der Waals surface area contributed by atoms with Crippen molar-refractivity contribution in [2.24, 2.45) is 0 Å². The Morgan fingerprint density at radius 3 is 2.61 bits per heavy atom. The van der Waals surface area contributed by atoms with Crippen LogP contribution in [0, 0.1) is 0 Å². The Morgan fingerprint density at radius 2 is 1.96 bits per heavy atom. The van der Waals surface area contributed by atoms with Gasteiger partial charge in [0.25, 0.3) is 5.91 Å². The molecule has 1 amide bonds. The molecule has 0 saturated heterocycles. The summed E-state index contributed by atoms with van der Waals surface area (Å²) in [7, 11) is 0. The molecule has 3 rings (SSSR count). The third-order valence-corrected chi connectivity index (χ3v) is 4.26. The van der Waals surface area contributed by atoms with Gasteiger partial charge in [-0.25, -0.2) is 4.68 Å². The normalized spacial score (nSPS) is 10.7. The molecule has 0 spiro atoms. The van der Waals surface area contributed by atoms with Crippen molar-refractivity contribution in [2.45, 2.75) is 6.54 Å². The lowest BCUT2D eigenvalue weighted by atomic mass is 10.2. The molecule has 0 unspecified atom stereocenters. The Bertz CT molecular complexity index is 840. The Morgan fingerprint density at radius 1 is 1.22 bits per heavy atom. The van der Waals surface area contributed by atoms with Gasteiger partial charge in [0, 0.05) is 21.7 Å². The average molecular weight is 415 g/mol. The molecule has 0 radical (unpaired) electrons. The molecule has 0 saturated carbocycles. The van der Waals surface area contributed by atoms with Crippen LogP contribution in [0.3, 0.4) is 0 Å². The molecule has 2 aromatic heterocycles. The maximum absolute atomic E-state index is 12.1. The fourth-order valence-corrected chi connectivity index (χ4v) is 2.84. The van der Waals surface area contributed by atoms with Gasteiger partial charge in [-0.1, -0.05) is 29.3 Å². The molecule has 0 aliphatic heterocycles. The van der Waals surface area contributed by atoms with Crippen molar-refractivity contribution >= 4 is 50.9 Å². The van der Waals surface area contributed by atoms with Gasteiger partial charge in [0.2, 0.25) is 0 Å². The Labute approximate surface area is 150 Å². The van der Waals surface area contributed by atoms with Crippen LogP contribution < -0.4 is 5.32 Å². The number of furan rings is 1. The second-order valence-electron chi connectivity index (χ2n) is 4.63. The van der Waals surface area contributed by atoms with Gasteiger partial charge in [0.05, 0.1) is 12.7 Å². The van der Waals surface area contributed by atoms with Gasteiger partial charge in [0.15, 0.2) is 10.4 Å². The number of halogens is 3. The molecular formula is C15H10BrCl2N3O2. The summed E-state index contributed by atoms with van der Waals surface area (Å²) in [5.41, 5.74) is 0.732. The predicted molar refractivity (Wildman–Crippen MR) is 92.2 cm³/mol. The third kappa shape index (κ3) is 3.60. The van der Waals surface area contributed by atoms with Crippen molar-refractivity contribution in [1.29, 1.82) is 0 Å². The molecular weight excluding hydrogens is 405 g/mol. The van der Waals surface area contributed by atoms with Crippen LogP contribution in [0.1, 0.15) is 16.1 Å². The first-order chi connectivity index (χ1) is 11.0. The van der Waals surface area contributed by atoms with Crippen LogP contribution in [-0.2, 0) is 6.54 Å². The van der Waals surface area contributed by atoms with Crippen LogP contribution in [-0.4, -0.2) is 15.7 Å². The number of anilines is 1. The van der Waals surface area contributed by atoms with E-state index >= 15 is 0 Å². The molecule has 8 heteroatoms. The highest BCUT2D eigenvalue weighted by Crippen LogP contribution is 2.26. The van der Waals surface area contributed by atoms with Gasteiger partial charge in [-0.15, -0.1) is 0 Å². The summed E-state index contributed by atoms with van der Waals surface area (Å²) in [6, 6.07) is 10.2. The molecule has 0 aliphatic carbocycles. The molecule has 1 N–H and O–H groups in total. The number of benzene rings is 1. The smallest absolute Gasteiger partial charge is 0.292 e. The number of aromatic nitrogens is 2. The number of carbonyl (C=O) groups excluding carboxylic acids is 1. The summed E-state index contributed by atoms with van der Waals surface area (Å²) in [6.45, 7) is 0.336. The van der Waals surface area contributed by atoms with E-state index in [-0.39, 0.29) is 11.7 Å². The van der Waals surface area contributed by atoms with Crippen molar-refractivity contribution in [3.05, 3.63) is 68.6 Å². The summed E-state index contributed by atoms with van der Waals surface area (Å²) < 4.78 is 7.31. The SMILES string of the molecule is O=C(Nc1ccnn1Cc1c(Cl)cccc1Cl)c1ccc(Br)o1. The first-order valence-corrected chi connectivity index (χ1v) is 8.11. The summed E-state index contributed by atoms with van der Waals surface area (Å²) in [5.74, 6) is 0.335. The van der Waals surface area contributed by atoms with Crippen molar-refractivity contribution in [3.63, 3.8) is 0 Å². The van der Waals surface area contributed by atoms with E-state index in [1.54, 1.807) is 47.3 Å². The van der Waals surface area contributed by atoms with E-state index in [1.807, 2.05) is 0 Å². The van der Waals surface area contributed by atoms with Crippen molar-refractivity contribution in [3.8, 4) is 0 Å². The van der Waals surface area contributed by atoms with Crippen LogP contribution in [0.5, 0.6) is 0 Å². The molecule has 0 bridgehead atoms. The fraction of sp³-hybridized carbons (Fsp3) is 0.0667. The van der Waals surface area contributed by atoms with E-state index in [4.69, 9.17) is 27.6 Å². The molecule has 5 nitrogen and oxygen atoms in total. The molecule has 118 valence electrons. The number of nitrogens with one attached hydrogen (secondary N) is 1. The second kappa shape index (κ2) is 6.78. The van der Waals surface area contributed by atoms with Crippen LogP contribution >= 0.6 is 39.1 Å². The van der Waals surface area contributed by atoms with Gasteiger partial charge in [0.1, 0.15) is 5.82 Å². The van der Waals surface area contributed by atoms with Gasteiger partial charge < -0.3 is 9.73 Å². The molecule has 2 heterocycles. The van der Waals surface area contributed by atoms with E-state index in [2.05, 4.69) is 26.3 Å². The molecule has 1 aromatic carbocycles. The number of carbonyl (C=O) groups is 1. The van der Waals surface area contributed by atoms with Gasteiger partial charge in [-0.3, -0.25) is 4.79 Å². The number of nitrogens with zero attached hydrogens (tertiary/aromatic N) is 2. The maximum Gasteiger partial charge on any atom is 0.292 e. The Hall–Kier alpha value is -1.76. The zero-order valence-electron chi connectivity index (χ0n) is 11.6. The zero-order valence-corrected chi connectivity index (χ0v) is 14.7. The predicted octanol–water partition coefficient (Wildman–Crippen LogP) is 4.85. The number of rotatable bonds is 4. The topological polar surface area (TPSA) is 60.1 Å². The van der Waals surface area contributed by atoms with Crippen molar-refractivity contribution in [2.75, 3.05) is 5.32 Å². The number of amides is 1. The molecule has 0 fully saturated rings. The largest absolute Gasteiger partial charge is 0.444 e. The van der Waals surface area contributed by atoms with Gasteiger partial charge >= 0.3 is 0 Å². The van der Waals surface area contributed by atoms with Crippen LogP contribution in [0.4, 0.5) is 5.82 Å². The zero-order chi connectivity index (χ0) is 16.4. The van der Waals surface area contributed by atoms with E-state index in [0.29, 0.717) is 27.1 Å². The lowest BCUT2D eigenvalue weighted by Gasteiger charge is -2.10. The minimum absolute atomic E-state index is 0.195. The fourth-order valence-electron chi connectivity index (χ4n) is 2.01. The van der Waals surface area contributed by atoms with E-state index in [1.165, 1.54) is 0 Å². The molecule has 0 atom stereocenters. The third-order valence-electron chi connectivity index (χ3n) is 3.12. The highest BCUT2D eigenvalue weighted by atomic mass is 79.9. The lowest BCUT2D eigenvalue weighted by molar-refractivity contribution is 0.0994. The minimum atomic E-state index is -0.372. The van der Waals surface area contributed by atoms with Gasteiger partial charge in [-0.05, 0) is 40.2 Å². The first kappa shape index (κ1) is 16.1. The summed E-state index contributed by atoms with van der Waals surface area (Å²) >= 11 is 15.5. The highest BCUT2D eigenvalue weighted by molar-refractivity contribution is 9.10. The standard InChI is InChI=1S/C15H10BrCl2N3O2/c16-13-5-4-12(23-13)15(22)20-14-6-7-19-21(14)8-9-10(17)2-1-3-11(9)18/h1-7H,8H2,(H,20,22). The number of hydrogen-bond acceptors (Lipinski definition) is 3. The van der Waals surface area contributed by atoms with Crippen LogP contribution in [0.2, 0.25) is 10.0 Å². The monoisotopic (exact) mass is 413 g/mol. The number of hydrogen-bond donors (Lipinski definition) is 1. The van der Waals surface area contributed by atoms with Crippen LogP contribution in [0.25, 0.3) is 0 Å². The van der Waals surface area contributed by atoms with Crippen molar-refractivity contribution < 1.29 is 9.21 Å². The van der Waals surface area contributed by atoms with E-state index in [9.17, 15) is 4.79 Å². The Balaban J connectivity index is 1.81. The van der Waals surface area contributed by atoms with E-state index < -0.39 is 0 Å². The Kier molecular flexibility index (Phi) is 4.75. The minimum Gasteiger partial charge on any atom is -0.444 e.